The number of H-pyrrole nitrogens is 1. The fourth-order valence-electron chi connectivity index (χ4n) is 3.53. The topological polar surface area (TPSA) is 187 Å². The number of carbonyl (C=O) groups excluding carboxylic acids is 3. The van der Waals surface area contributed by atoms with Gasteiger partial charge in [0.15, 0.2) is 0 Å². The number of thioether (sulfide) groups is 1. The Balaban J connectivity index is 2.12. The molecule has 12 heteroatoms. The second-order valence-corrected chi connectivity index (χ2v) is 9.80. The molecule has 0 aliphatic rings. The summed E-state index contributed by atoms with van der Waals surface area (Å²) in [5.74, 6) is -2.94. The van der Waals surface area contributed by atoms with Gasteiger partial charge in [-0.1, -0.05) is 32.0 Å². The molecule has 0 saturated heterocycles. The molecule has 36 heavy (non-hydrogen) atoms. The number of nitrogens with one attached hydrogen (secondary N) is 4. The molecule has 0 aliphatic heterocycles. The quantitative estimate of drug-likeness (QED) is 0.181. The highest BCUT2D eigenvalue weighted by molar-refractivity contribution is 7.98. The summed E-state index contributed by atoms with van der Waals surface area (Å²) >= 11 is 1.45. The number of aliphatic carboxylic acids is 1. The van der Waals surface area contributed by atoms with Gasteiger partial charge in [0.05, 0.1) is 12.6 Å². The Labute approximate surface area is 214 Å². The first-order valence-corrected chi connectivity index (χ1v) is 13.0. The van der Waals surface area contributed by atoms with E-state index in [1.165, 1.54) is 11.8 Å². The molecule has 0 spiro atoms. The van der Waals surface area contributed by atoms with Gasteiger partial charge in [-0.3, -0.25) is 14.4 Å². The highest BCUT2D eigenvalue weighted by Gasteiger charge is 2.30. The Morgan fingerprint density at radius 2 is 1.61 bits per heavy atom. The molecule has 4 atom stereocenters. The number of nitrogens with two attached hydrogens (primary N) is 1. The van der Waals surface area contributed by atoms with Crippen LogP contribution in [0.5, 0.6) is 0 Å². The summed E-state index contributed by atoms with van der Waals surface area (Å²) in [6.07, 6.45) is 3.79. The summed E-state index contributed by atoms with van der Waals surface area (Å²) in [4.78, 5) is 53.1. The number of para-hydroxylation sites is 1. The maximum Gasteiger partial charge on any atom is 0.326 e. The molecule has 1 aromatic carbocycles. The molecule has 0 bridgehead atoms. The lowest BCUT2D eigenvalue weighted by atomic mass is 10.0. The van der Waals surface area contributed by atoms with E-state index in [2.05, 4.69) is 20.9 Å². The smallest absolute Gasteiger partial charge is 0.326 e. The van der Waals surface area contributed by atoms with E-state index in [9.17, 15) is 29.4 Å². The van der Waals surface area contributed by atoms with Gasteiger partial charge in [-0.2, -0.15) is 11.8 Å². The van der Waals surface area contributed by atoms with Crippen molar-refractivity contribution in [3.05, 3.63) is 36.0 Å². The number of aliphatic hydroxyl groups excluding tert-OH is 1. The lowest BCUT2D eigenvalue weighted by molar-refractivity contribution is -0.142. The van der Waals surface area contributed by atoms with Gasteiger partial charge in [0.2, 0.25) is 17.7 Å². The van der Waals surface area contributed by atoms with Crippen LogP contribution in [0.1, 0.15) is 25.8 Å². The number of amides is 3. The predicted octanol–water partition coefficient (Wildman–Crippen LogP) is -0.0219. The average molecular weight is 522 g/mol. The van der Waals surface area contributed by atoms with E-state index in [0.29, 0.717) is 5.75 Å². The number of hydrogen-bond donors (Lipinski definition) is 7. The van der Waals surface area contributed by atoms with Crippen LogP contribution < -0.4 is 21.7 Å². The maximum atomic E-state index is 13.0. The van der Waals surface area contributed by atoms with Gasteiger partial charge in [-0.05, 0) is 36.0 Å². The van der Waals surface area contributed by atoms with Crippen molar-refractivity contribution in [2.75, 3.05) is 18.6 Å². The molecule has 0 saturated carbocycles. The fraction of sp³-hybridized carbons (Fsp3) is 0.500. The second-order valence-electron chi connectivity index (χ2n) is 8.82. The number of aliphatic hydroxyl groups is 1. The molecule has 1 aromatic heterocycles. The number of aromatic amines is 1. The third kappa shape index (κ3) is 7.97. The lowest BCUT2D eigenvalue weighted by Crippen LogP contribution is -2.58. The Morgan fingerprint density at radius 3 is 2.22 bits per heavy atom. The molecular weight excluding hydrogens is 486 g/mol. The minimum atomic E-state index is -1.31. The fourth-order valence-corrected chi connectivity index (χ4v) is 4.01. The van der Waals surface area contributed by atoms with Crippen molar-refractivity contribution in [2.45, 2.75) is 50.9 Å². The number of carbonyl (C=O) groups is 4. The van der Waals surface area contributed by atoms with Gasteiger partial charge in [0, 0.05) is 23.5 Å². The van der Waals surface area contributed by atoms with Crippen molar-refractivity contribution in [3.8, 4) is 0 Å². The molecule has 8 N–H and O–H groups in total. The van der Waals surface area contributed by atoms with Gasteiger partial charge in [-0.25, -0.2) is 4.79 Å². The molecule has 0 fully saturated rings. The van der Waals surface area contributed by atoms with Crippen LogP contribution in [0.15, 0.2) is 30.5 Å². The van der Waals surface area contributed by atoms with Crippen molar-refractivity contribution < 1.29 is 29.4 Å². The Hall–Kier alpha value is -3.09. The molecular formula is C24H35N5O6S. The van der Waals surface area contributed by atoms with Crippen LogP contribution in [0.25, 0.3) is 10.9 Å². The summed E-state index contributed by atoms with van der Waals surface area (Å²) in [5, 5.41) is 27.7. The average Bonchev–Trinajstić information content (AvgIpc) is 3.26. The molecule has 3 amide bonds. The van der Waals surface area contributed by atoms with Crippen LogP contribution in [0.2, 0.25) is 0 Å². The van der Waals surface area contributed by atoms with Gasteiger partial charge in [0.1, 0.15) is 18.1 Å². The van der Waals surface area contributed by atoms with Crippen molar-refractivity contribution in [2.24, 2.45) is 11.7 Å². The monoisotopic (exact) mass is 521 g/mol. The van der Waals surface area contributed by atoms with Gasteiger partial charge >= 0.3 is 5.97 Å². The van der Waals surface area contributed by atoms with E-state index in [1.54, 1.807) is 20.0 Å². The molecule has 4 unspecified atom stereocenters. The number of hydrogen-bond acceptors (Lipinski definition) is 7. The van der Waals surface area contributed by atoms with Gasteiger partial charge < -0.3 is 36.9 Å². The zero-order valence-electron chi connectivity index (χ0n) is 20.6. The first-order chi connectivity index (χ1) is 17.1. The van der Waals surface area contributed by atoms with Crippen molar-refractivity contribution >= 4 is 46.4 Å². The minimum absolute atomic E-state index is 0.0384. The van der Waals surface area contributed by atoms with Crippen LogP contribution >= 0.6 is 11.8 Å². The predicted molar refractivity (Wildman–Crippen MR) is 138 cm³/mol. The van der Waals surface area contributed by atoms with E-state index in [-0.39, 0.29) is 18.8 Å². The maximum absolute atomic E-state index is 13.0. The molecule has 198 valence electrons. The summed E-state index contributed by atoms with van der Waals surface area (Å²) in [6, 6.07) is 2.94. The van der Waals surface area contributed by atoms with E-state index >= 15 is 0 Å². The normalized spacial score (nSPS) is 14.6. The minimum Gasteiger partial charge on any atom is -0.480 e. The van der Waals surface area contributed by atoms with Gasteiger partial charge in [0.25, 0.3) is 0 Å². The van der Waals surface area contributed by atoms with Crippen LogP contribution in [0.4, 0.5) is 0 Å². The summed E-state index contributed by atoms with van der Waals surface area (Å²) in [5.41, 5.74) is 7.38. The number of carboxylic acids is 1. The lowest BCUT2D eigenvalue weighted by Gasteiger charge is -2.25. The molecule has 11 nitrogen and oxygen atoms in total. The molecule has 2 rings (SSSR count). The Morgan fingerprint density at radius 1 is 1.00 bits per heavy atom. The van der Waals surface area contributed by atoms with Crippen molar-refractivity contribution in [1.82, 2.24) is 20.9 Å². The second kappa shape index (κ2) is 13.9. The number of rotatable bonds is 14. The van der Waals surface area contributed by atoms with Gasteiger partial charge in [-0.15, -0.1) is 0 Å². The SMILES string of the molecule is CSCCC(NC(=O)C(CO)NC(=O)C(N)C(C)C)C(=O)NC(Cc1c[nH]c2ccccc12)C(=O)O. The van der Waals surface area contributed by atoms with E-state index in [1.807, 2.05) is 30.5 Å². The highest BCUT2D eigenvalue weighted by atomic mass is 32.2. The van der Waals surface area contributed by atoms with E-state index < -0.39 is 54.5 Å². The molecule has 1 heterocycles. The van der Waals surface area contributed by atoms with E-state index in [0.717, 1.165) is 16.5 Å². The first kappa shape index (κ1) is 29.1. The van der Waals surface area contributed by atoms with Crippen LogP contribution in [0, 0.1) is 5.92 Å². The standard InChI is InChI=1S/C24H35N5O6S/c1-13(2)20(25)23(33)29-19(12-30)22(32)27-17(8-9-36-3)21(31)28-18(24(34)35)10-14-11-26-16-7-5-4-6-15(14)16/h4-7,11,13,17-20,26,30H,8-10,12,25H2,1-3H3,(H,27,32)(H,28,31)(H,29,33)(H,34,35). The molecule has 2 aromatic rings. The summed E-state index contributed by atoms with van der Waals surface area (Å²) in [7, 11) is 0. The third-order valence-electron chi connectivity index (χ3n) is 5.79. The molecule has 0 radical (unpaired) electrons. The largest absolute Gasteiger partial charge is 0.480 e. The zero-order chi connectivity index (χ0) is 26.8. The number of fused-ring (bicyclic) bond motifs is 1. The summed E-state index contributed by atoms with van der Waals surface area (Å²) in [6.45, 7) is 2.80. The Bertz CT molecular complexity index is 1060. The van der Waals surface area contributed by atoms with E-state index in [4.69, 9.17) is 5.73 Å². The van der Waals surface area contributed by atoms with Crippen molar-refractivity contribution in [3.63, 3.8) is 0 Å². The van der Waals surface area contributed by atoms with Crippen LogP contribution in [-0.4, -0.2) is 81.7 Å². The third-order valence-corrected chi connectivity index (χ3v) is 6.44. The van der Waals surface area contributed by atoms with Crippen LogP contribution in [-0.2, 0) is 25.6 Å². The number of aromatic nitrogens is 1. The van der Waals surface area contributed by atoms with Crippen LogP contribution in [0.3, 0.4) is 0 Å². The zero-order valence-corrected chi connectivity index (χ0v) is 21.4. The number of carboxylic acid groups (broad SMARTS) is 1. The highest BCUT2D eigenvalue weighted by Crippen LogP contribution is 2.19. The molecule has 0 aliphatic carbocycles. The first-order valence-electron chi connectivity index (χ1n) is 11.6. The Kier molecular flexibility index (Phi) is 11.2. The summed E-state index contributed by atoms with van der Waals surface area (Å²) < 4.78 is 0. The van der Waals surface area contributed by atoms with Crippen molar-refractivity contribution in [1.29, 1.82) is 0 Å². The number of benzene rings is 1.